The Balaban J connectivity index is 2.36. The fraction of sp³-hybridized carbons (Fsp3) is 0.167. The molecule has 0 aliphatic heterocycles. The van der Waals surface area contributed by atoms with Crippen molar-refractivity contribution in [1.82, 2.24) is 9.97 Å². The summed E-state index contributed by atoms with van der Waals surface area (Å²) < 4.78 is 12.7. The monoisotopic (exact) mass is 232 g/mol. The molecule has 0 spiro atoms. The molecule has 0 bridgehead atoms. The van der Waals surface area contributed by atoms with Crippen molar-refractivity contribution in [1.29, 1.82) is 0 Å². The van der Waals surface area contributed by atoms with Gasteiger partial charge in [-0.3, -0.25) is 0 Å². The Labute approximate surface area is 98.9 Å². The molecule has 0 aliphatic rings. The van der Waals surface area contributed by atoms with Gasteiger partial charge in [0.15, 0.2) is 5.82 Å². The third-order valence-electron chi connectivity index (χ3n) is 2.48. The molecule has 0 atom stereocenters. The Bertz CT molecular complexity index is 498. The highest BCUT2D eigenvalue weighted by molar-refractivity contribution is 5.60. The molecule has 17 heavy (non-hydrogen) atoms. The molecule has 4 nitrogen and oxygen atoms in total. The summed E-state index contributed by atoms with van der Waals surface area (Å²) in [7, 11) is 1.82. The summed E-state index contributed by atoms with van der Waals surface area (Å²) in [6.45, 7) is 0.432. The van der Waals surface area contributed by atoms with E-state index in [0.717, 1.165) is 23.6 Å². The Morgan fingerprint density at radius 1 is 1.24 bits per heavy atom. The lowest BCUT2D eigenvalue weighted by molar-refractivity contribution is 0.613. The summed E-state index contributed by atoms with van der Waals surface area (Å²) in [6, 6.07) is 7.70. The minimum atomic E-state index is -0.450. The molecule has 88 valence electrons. The van der Waals surface area contributed by atoms with Crippen LogP contribution in [-0.2, 0) is 6.54 Å². The first-order valence-corrected chi connectivity index (χ1v) is 5.21. The molecule has 1 heterocycles. The van der Waals surface area contributed by atoms with Crippen LogP contribution < -0.4 is 10.6 Å². The number of hydrogen-bond acceptors (Lipinski definition) is 4. The lowest BCUT2D eigenvalue weighted by atomic mass is 10.1. The van der Waals surface area contributed by atoms with Gasteiger partial charge in [-0.15, -0.1) is 0 Å². The fourth-order valence-corrected chi connectivity index (χ4v) is 1.60. The van der Waals surface area contributed by atoms with E-state index in [1.165, 1.54) is 0 Å². The molecule has 0 saturated carbocycles. The highest BCUT2D eigenvalue weighted by atomic mass is 19.1. The van der Waals surface area contributed by atoms with Gasteiger partial charge in [0.25, 0.3) is 0 Å². The Hall–Kier alpha value is -2.01. The molecule has 0 unspecified atom stereocenters. The summed E-state index contributed by atoms with van der Waals surface area (Å²) in [5, 5.41) is 0. The van der Waals surface area contributed by atoms with Gasteiger partial charge in [-0.05, 0) is 11.6 Å². The molecular formula is C12H13FN4. The van der Waals surface area contributed by atoms with Crippen LogP contribution in [0.4, 0.5) is 16.0 Å². The van der Waals surface area contributed by atoms with Gasteiger partial charge in [-0.25, -0.2) is 14.4 Å². The van der Waals surface area contributed by atoms with Gasteiger partial charge in [0.1, 0.15) is 0 Å². The smallest absolute Gasteiger partial charge is 0.229 e. The van der Waals surface area contributed by atoms with Crippen LogP contribution in [0.25, 0.3) is 0 Å². The average molecular weight is 232 g/mol. The number of hydrogen-bond donors (Lipinski definition) is 1. The van der Waals surface area contributed by atoms with E-state index in [2.05, 4.69) is 9.97 Å². The van der Waals surface area contributed by atoms with Crippen molar-refractivity contribution in [2.75, 3.05) is 11.9 Å². The van der Waals surface area contributed by atoms with Gasteiger partial charge in [-0.1, -0.05) is 18.2 Å². The molecule has 2 N–H and O–H groups in total. The van der Waals surface area contributed by atoms with Crippen LogP contribution in [0.2, 0.25) is 0 Å². The van der Waals surface area contributed by atoms with Gasteiger partial charge in [0, 0.05) is 19.3 Å². The van der Waals surface area contributed by atoms with E-state index in [9.17, 15) is 4.39 Å². The maximum absolute atomic E-state index is 12.7. The van der Waals surface area contributed by atoms with Crippen LogP contribution >= 0.6 is 0 Å². The number of nitrogens with two attached hydrogens (primary N) is 1. The second-order valence-electron chi connectivity index (χ2n) is 3.59. The van der Waals surface area contributed by atoms with Crippen LogP contribution in [0.1, 0.15) is 5.56 Å². The average Bonchev–Trinajstić information content (AvgIpc) is 2.39. The van der Waals surface area contributed by atoms with E-state index >= 15 is 0 Å². The van der Waals surface area contributed by atoms with Gasteiger partial charge >= 0.3 is 0 Å². The Kier molecular flexibility index (Phi) is 3.30. The number of para-hydroxylation sites is 1. The lowest BCUT2D eigenvalue weighted by Gasteiger charge is -2.19. The van der Waals surface area contributed by atoms with Crippen molar-refractivity contribution in [2.24, 2.45) is 5.73 Å². The largest absolute Gasteiger partial charge is 0.326 e. The van der Waals surface area contributed by atoms with Crippen molar-refractivity contribution in [3.63, 3.8) is 0 Å². The molecule has 1 aromatic heterocycles. The van der Waals surface area contributed by atoms with Crippen molar-refractivity contribution in [3.05, 3.63) is 48.0 Å². The van der Waals surface area contributed by atoms with Crippen LogP contribution in [0, 0.1) is 5.82 Å². The van der Waals surface area contributed by atoms with Crippen molar-refractivity contribution >= 4 is 11.6 Å². The van der Waals surface area contributed by atoms with E-state index in [4.69, 9.17) is 5.73 Å². The van der Waals surface area contributed by atoms with Crippen molar-refractivity contribution < 1.29 is 4.39 Å². The lowest BCUT2D eigenvalue weighted by Crippen LogP contribution is -2.16. The highest BCUT2D eigenvalue weighted by Gasteiger charge is 2.10. The molecular weight excluding hydrogens is 219 g/mol. The van der Waals surface area contributed by atoms with E-state index in [0.29, 0.717) is 12.5 Å². The molecule has 0 aliphatic carbocycles. The van der Waals surface area contributed by atoms with Gasteiger partial charge in [0.2, 0.25) is 5.95 Å². The van der Waals surface area contributed by atoms with Crippen molar-refractivity contribution in [3.8, 4) is 0 Å². The third-order valence-corrected chi connectivity index (χ3v) is 2.48. The number of aromatic nitrogens is 2. The fourth-order valence-electron chi connectivity index (χ4n) is 1.60. The second kappa shape index (κ2) is 4.88. The first-order valence-electron chi connectivity index (χ1n) is 5.21. The third kappa shape index (κ3) is 2.39. The zero-order chi connectivity index (χ0) is 12.3. The van der Waals surface area contributed by atoms with E-state index < -0.39 is 5.82 Å². The maximum atomic E-state index is 12.7. The minimum Gasteiger partial charge on any atom is -0.326 e. The van der Waals surface area contributed by atoms with Crippen LogP contribution in [0.15, 0.2) is 36.7 Å². The molecule has 2 aromatic rings. The van der Waals surface area contributed by atoms with Crippen LogP contribution in [-0.4, -0.2) is 17.0 Å². The summed E-state index contributed by atoms with van der Waals surface area (Å²) in [4.78, 5) is 9.64. The van der Waals surface area contributed by atoms with Gasteiger partial charge in [0.05, 0.1) is 12.4 Å². The zero-order valence-electron chi connectivity index (χ0n) is 9.47. The van der Waals surface area contributed by atoms with Crippen LogP contribution in [0.5, 0.6) is 0 Å². The Morgan fingerprint density at radius 3 is 2.53 bits per heavy atom. The predicted octanol–water partition coefficient (Wildman–Crippen LogP) is 1.84. The molecule has 0 fully saturated rings. The number of rotatable bonds is 3. The normalized spacial score (nSPS) is 10.3. The molecule has 0 saturated heterocycles. The van der Waals surface area contributed by atoms with Gasteiger partial charge < -0.3 is 10.6 Å². The summed E-state index contributed by atoms with van der Waals surface area (Å²) in [5.41, 5.74) is 7.57. The standard InChI is InChI=1S/C12H13FN4/c1-17(12-15-7-10(13)8-16-12)11-5-3-2-4-9(11)6-14/h2-5,7-8H,6,14H2,1H3. The SMILES string of the molecule is CN(c1ncc(F)cn1)c1ccccc1CN. The van der Waals surface area contributed by atoms with E-state index in [-0.39, 0.29) is 0 Å². The summed E-state index contributed by atoms with van der Waals surface area (Å²) >= 11 is 0. The van der Waals surface area contributed by atoms with E-state index in [1.54, 1.807) is 4.90 Å². The number of halogens is 1. The first kappa shape index (κ1) is 11.5. The number of anilines is 2. The predicted molar refractivity (Wildman–Crippen MR) is 64.4 cm³/mol. The molecule has 0 radical (unpaired) electrons. The number of benzene rings is 1. The van der Waals surface area contributed by atoms with Crippen molar-refractivity contribution in [2.45, 2.75) is 6.54 Å². The second-order valence-corrected chi connectivity index (χ2v) is 3.59. The number of nitrogens with zero attached hydrogens (tertiary/aromatic N) is 3. The minimum absolute atomic E-state index is 0.432. The van der Waals surface area contributed by atoms with Gasteiger partial charge in [-0.2, -0.15) is 0 Å². The summed E-state index contributed by atoms with van der Waals surface area (Å²) in [6.07, 6.45) is 2.29. The summed E-state index contributed by atoms with van der Waals surface area (Å²) in [5.74, 6) is -0.0124. The molecule has 1 aromatic carbocycles. The van der Waals surface area contributed by atoms with Crippen LogP contribution in [0.3, 0.4) is 0 Å². The Morgan fingerprint density at radius 2 is 1.88 bits per heavy atom. The molecule has 2 rings (SSSR count). The zero-order valence-corrected chi connectivity index (χ0v) is 9.47. The quantitative estimate of drug-likeness (QED) is 0.877. The van der Waals surface area contributed by atoms with E-state index in [1.807, 2.05) is 31.3 Å². The topological polar surface area (TPSA) is 55.0 Å². The highest BCUT2D eigenvalue weighted by Crippen LogP contribution is 2.23. The molecule has 0 amide bonds. The maximum Gasteiger partial charge on any atom is 0.229 e. The first-order chi connectivity index (χ1) is 8.22. The molecule has 5 heteroatoms.